The van der Waals surface area contributed by atoms with Crippen molar-refractivity contribution in [2.45, 2.75) is 45.5 Å². The molecule has 3 aromatic rings. The Bertz CT molecular complexity index is 1120. The van der Waals surface area contributed by atoms with Crippen LogP contribution in [0.2, 0.25) is 0 Å². The van der Waals surface area contributed by atoms with E-state index in [2.05, 4.69) is 4.90 Å². The van der Waals surface area contributed by atoms with Gasteiger partial charge in [-0.25, -0.2) is 0 Å². The van der Waals surface area contributed by atoms with E-state index >= 15 is 0 Å². The number of alkyl halides is 3. The van der Waals surface area contributed by atoms with Crippen molar-refractivity contribution in [3.05, 3.63) is 94.9 Å². The molecule has 0 spiro atoms. The van der Waals surface area contributed by atoms with Gasteiger partial charge in [-0.1, -0.05) is 35.9 Å². The van der Waals surface area contributed by atoms with Gasteiger partial charge < -0.3 is 9.32 Å². The van der Waals surface area contributed by atoms with Gasteiger partial charge in [-0.3, -0.25) is 9.69 Å². The second-order valence-corrected chi connectivity index (χ2v) is 9.68. The van der Waals surface area contributed by atoms with Gasteiger partial charge >= 0.3 is 6.18 Å². The molecule has 1 aromatic heterocycles. The fourth-order valence-corrected chi connectivity index (χ4v) is 4.86. The molecular formula is C28H31F3N2O2. The Morgan fingerprint density at radius 1 is 1.09 bits per heavy atom. The fraction of sp³-hybridized carbons (Fsp3) is 0.393. The highest BCUT2D eigenvalue weighted by Gasteiger charge is 2.38. The summed E-state index contributed by atoms with van der Waals surface area (Å²) >= 11 is 0. The molecule has 35 heavy (non-hydrogen) atoms. The van der Waals surface area contributed by atoms with Crippen LogP contribution < -0.4 is 0 Å². The van der Waals surface area contributed by atoms with Crippen LogP contribution in [0.5, 0.6) is 0 Å². The predicted octanol–water partition coefficient (Wildman–Crippen LogP) is 6.37. The zero-order valence-corrected chi connectivity index (χ0v) is 20.3. The Hall–Kier alpha value is -3.06. The molecule has 0 unspecified atom stereocenters. The molecule has 1 fully saturated rings. The second kappa shape index (κ2) is 10.3. The van der Waals surface area contributed by atoms with Crippen LogP contribution in [-0.4, -0.2) is 41.4 Å². The highest BCUT2D eigenvalue weighted by molar-refractivity contribution is 5.94. The summed E-state index contributed by atoms with van der Waals surface area (Å²) in [6.07, 6.45) is -2.78. The zero-order chi connectivity index (χ0) is 25.2. The predicted molar refractivity (Wildman–Crippen MR) is 129 cm³/mol. The maximum Gasteiger partial charge on any atom is 0.416 e. The van der Waals surface area contributed by atoms with E-state index in [0.29, 0.717) is 37.3 Å². The smallest absolute Gasteiger partial charge is 0.416 e. The highest BCUT2D eigenvalue weighted by atomic mass is 19.4. The van der Waals surface area contributed by atoms with Crippen LogP contribution in [0, 0.1) is 12.8 Å². The summed E-state index contributed by atoms with van der Waals surface area (Å²) in [5.41, 5.74) is 1.70. The van der Waals surface area contributed by atoms with Gasteiger partial charge in [0.15, 0.2) is 0 Å². The molecule has 0 N–H and O–H groups in total. The van der Waals surface area contributed by atoms with E-state index in [-0.39, 0.29) is 23.8 Å². The lowest BCUT2D eigenvalue weighted by atomic mass is 9.87. The molecule has 1 aliphatic heterocycles. The van der Waals surface area contributed by atoms with Crippen LogP contribution in [0.3, 0.4) is 0 Å². The van der Waals surface area contributed by atoms with Crippen molar-refractivity contribution in [1.82, 2.24) is 9.80 Å². The van der Waals surface area contributed by atoms with Crippen molar-refractivity contribution in [3.8, 4) is 0 Å². The first-order valence-corrected chi connectivity index (χ1v) is 11.9. The Labute approximate surface area is 204 Å². The summed E-state index contributed by atoms with van der Waals surface area (Å²) in [5.74, 6) is 0.585. The lowest BCUT2D eigenvalue weighted by Crippen LogP contribution is -2.42. The van der Waals surface area contributed by atoms with Crippen LogP contribution in [0.4, 0.5) is 13.2 Å². The molecule has 4 rings (SSSR count). The molecule has 0 saturated carbocycles. The molecule has 186 valence electrons. The van der Waals surface area contributed by atoms with E-state index in [1.54, 1.807) is 12.3 Å². The number of hydrogen-bond donors (Lipinski definition) is 0. The van der Waals surface area contributed by atoms with Crippen LogP contribution >= 0.6 is 0 Å². The number of halogens is 3. The van der Waals surface area contributed by atoms with Crippen molar-refractivity contribution in [2.24, 2.45) is 5.92 Å². The Morgan fingerprint density at radius 3 is 2.46 bits per heavy atom. The van der Waals surface area contributed by atoms with E-state index in [9.17, 15) is 18.0 Å². The molecule has 4 nitrogen and oxygen atoms in total. The van der Waals surface area contributed by atoms with Crippen molar-refractivity contribution < 1.29 is 22.4 Å². The largest absolute Gasteiger partial charge is 0.468 e. The standard InChI is InChI=1S/C28H31F3N2O2/c1-19(2)33(27(34)21-11-9-20(3)10-12-21)16-23-15-32(17-25-8-5-13-35-25)18-26(23)22-6-4-7-24(14-22)28(29,30)31/h4-14,19,23,26H,15-18H2,1-3H3/t23-,26-/m1/s1. The van der Waals surface area contributed by atoms with Gasteiger partial charge in [0, 0.05) is 37.2 Å². The number of aryl methyl sites for hydroxylation is 1. The third-order valence-electron chi connectivity index (χ3n) is 6.73. The van der Waals surface area contributed by atoms with Gasteiger partial charge in [-0.2, -0.15) is 13.2 Å². The summed E-state index contributed by atoms with van der Waals surface area (Å²) in [7, 11) is 0. The molecule has 2 atom stereocenters. The third kappa shape index (κ3) is 5.96. The Kier molecular flexibility index (Phi) is 7.36. The molecule has 0 aliphatic carbocycles. The third-order valence-corrected chi connectivity index (χ3v) is 6.73. The van der Waals surface area contributed by atoms with Gasteiger partial charge in [0.05, 0.1) is 18.4 Å². The van der Waals surface area contributed by atoms with E-state index in [0.717, 1.165) is 17.4 Å². The van der Waals surface area contributed by atoms with Crippen molar-refractivity contribution >= 4 is 5.91 Å². The summed E-state index contributed by atoms with van der Waals surface area (Å²) in [5, 5.41) is 0. The first-order valence-electron chi connectivity index (χ1n) is 11.9. The summed E-state index contributed by atoms with van der Waals surface area (Å²) < 4.78 is 45.8. The number of amides is 1. The highest BCUT2D eigenvalue weighted by Crippen LogP contribution is 2.37. The van der Waals surface area contributed by atoms with E-state index in [1.165, 1.54) is 12.1 Å². The van der Waals surface area contributed by atoms with Crippen LogP contribution in [-0.2, 0) is 12.7 Å². The molecule has 7 heteroatoms. The van der Waals surface area contributed by atoms with Gasteiger partial charge in [0.1, 0.15) is 5.76 Å². The van der Waals surface area contributed by atoms with Crippen molar-refractivity contribution in [3.63, 3.8) is 0 Å². The average Bonchev–Trinajstić information content (AvgIpc) is 3.47. The zero-order valence-electron chi connectivity index (χ0n) is 20.3. The molecule has 0 radical (unpaired) electrons. The molecule has 0 bridgehead atoms. The quantitative estimate of drug-likeness (QED) is 0.391. The van der Waals surface area contributed by atoms with Crippen LogP contribution in [0.15, 0.2) is 71.3 Å². The van der Waals surface area contributed by atoms with Gasteiger partial charge in [-0.15, -0.1) is 0 Å². The molecule has 2 aromatic carbocycles. The number of carbonyl (C=O) groups is 1. The number of likely N-dealkylation sites (tertiary alicyclic amines) is 1. The molecule has 1 saturated heterocycles. The van der Waals surface area contributed by atoms with Crippen molar-refractivity contribution in [1.29, 1.82) is 0 Å². The summed E-state index contributed by atoms with van der Waals surface area (Å²) in [4.78, 5) is 17.4. The normalized spacial score (nSPS) is 18.8. The SMILES string of the molecule is Cc1ccc(C(=O)N(C[C@H]2CN(Cc3ccco3)C[C@@H]2c2cccc(C(F)(F)F)c2)C(C)C)cc1. The molecular weight excluding hydrogens is 453 g/mol. The lowest BCUT2D eigenvalue weighted by Gasteiger charge is -2.32. The van der Waals surface area contributed by atoms with Gasteiger partial charge in [-0.05, 0) is 62.6 Å². The molecule has 1 amide bonds. The number of furan rings is 1. The number of benzene rings is 2. The lowest BCUT2D eigenvalue weighted by molar-refractivity contribution is -0.137. The second-order valence-electron chi connectivity index (χ2n) is 9.68. The van der Waals surface area contributed by atoms with E-state index < -0.39 is 11.7 Å². The Balaban J connectivity index is 1.61. The number of rotatable bonds is 7. The van der Waals surface area contributed by atoms with Crippen LogP contribution in [0.25, 0.3) is 0 Å². The first kappa shape index (κ1) is 25.0. The average molecular weight is 485 g/mol. The fourth-order valence-electron chi connectivity index (χ4n) is 4.86. The van der Waals surface area contributed by atoms with Gasteiger partial charge in [0.25, 0.3) is 5.91 Å². The van der Waals surface area contributed by atoms with E-state index in [4.69, 9.17) is 4.42 Å². The molecule has 1 aliphatic rings. The van der Waals surface area contributed by atoms with Crippen LogP contribution in [0.1, 0.15) is 52.6 Å². The van der Waals surface area contributed by atoms with E-state index in [1.807, 2.05) is 62.1 Å². The first-order chi connectivity index (χ1) is 16.6. The Morgan fingerprint density at radius 2 is 1.83 bits per heavy atom. The topological polar surface area (TPSA) is 36.7 Å². The minimum Gasteiger partial charge on any atom is -0.468 e. The monoisotopic (exact) mass is 484 g/mol. The number of hydrogen-bond acceptors (Lipinski definition) is 3. The summed E-state index contributed by atoms with van der Waals surface area (Å²) in [6.45, 7) is 8.21. The van der Waals surface area contributed by atoms with Crippen molar-refractivity contribution in [2.75, 3.05) is 19.6 Å². The maximum atomic E-state index is 13.4. The molecule has 2 heterocycles. The summed E-state index contributed by atoms with van der Waals surface area (Å²) in [6, 6.07) is 16.8. The minimum absolute atomic E-state index is 0.0229. The van der Waals surface area contributed by atoms with Gasteiger partial charge in [0.2, 0.25) is 0 Å². The number of carbonyl (C=O) groups excluding carboxylic acids is 1. The number of nitrogens with zero attached hydrogens (tertiary/aromatic N) is 2. The maximum absolute atomic E-state index is 13.4. The minimum atomic E-state index is -4.40.